The number of thioether (sulfide) groups is 1. The van der Waals surface area contributed by atoms with Crippen LogP contribution in [0.3, 0.4) is 0 Å². The molecule has 1 heterocycles. The lowest BCUT2D eigenvalue weighted by molar-refractivity contribution is -0.132. The zero-order valence-electron chi connectivity index (χ0n) is 14.7. The lowest BCUT2D eigenvalue weighted by Crippen LogP contribution is -2.42. The van der Waals surface area contributed by atoms with E-state index in [0.717, 1.165) is 23.5 Å². The van der Waals surface area contributed by atoms with Crippen molar-refractivity contribution >= 4 is 29.3 Å². The van der Waals surface area contributed by atoms with Crippen LogP contribution in [0.15, 0.2) is 53.4 Å². The van der Waals surface area contributed by atoms with Crippen LogP contribution in [0.1, 0.15) is 12.8 Å². The van der Waals surface area contributed by atoms with Gasteiger partial charge in [-0.25, -0.2) is 8.78 Å². The van der Waals surface area contributed by atoms with Gasteiger partial charge in [0, 0.05) is 35.7 Å². The van der Waals surface area contributed by atoms with Gasteiger partial charge in [0.15, 0.2) is 0 Å². The predicted molar refractivity (Wildman–Crippen MR) is 101 cm³/mol. The van der Waals surface area contributed by atoms with Gasteiger partial charge in [-0.2, -0.15) is 0 Å². The third-order valence-electron chi connectivity index (χ3n) is 4.50. The highest BCUT2D eigenvalue weighted by Crippen LogP contribution is 2.24. The number of rotatable bonds is 5. The zero-order chi connectivity index (χ0) is 19.2. The number of carbonyl (C=O) groups excluding carboxylic acids is 2. The van der Waals surface area contributed by atoms with Crippen LogP contribution in [0, 0.1) is 17.6 Å². The summed E-state index contributed by atoms with van der Waals surface area (Å²) >= 11 is 1.05. The summed E-state index contributed by atoms with van der Waals surface area (Å²) in [7, 11) is 0. The lowest BCUT2D eigenvalue weighted by atomic mass is 9.96. The van der Waals surface area contributed by atoms with Crippen molar-refractivity contribution < 1.29 is 18.4 Å². The minimum absolute atomic E-state index is 0.0314. The molecule has 0 saturated carbocycles. The number of carbonyl (C=O) groups is 2. The highest BCUT2D eigenvalue weighted by Gasteiger charge is 2.27. The van der Waals surface area contributed by atoms with Gasteiger partial charge in [-0.15, -0.1) is 11.8 Å². The first-order chi connectivity index (χ1) is 13.0. The Bertz CT molecular complexity index is 809. The van der Waals surface area contributed by atoms with Crippen molar-refractivity contribution in [2.75, 3.05) is 24.2 Å². The standard InChI is InChI=1S/C20H20F2N2O2S/c21-15-6-7-18(17(22)12-15)27-13-19(25)24-10-8-14(9-11-24)20(26)23-16-4-2-1-3-5-16/h1-7,12,14H,8-11,13H2,(H,23,26). The Kier molecular flexibility index (Phi) is 6.45. The summed E-state index contributed by atoms with van der Waals surface area (Å²) in [6.45, 7) is 0.996. The number of anilines is 1. The molecule has 1 aliphatic rings. The number of nitrogens with zero attached hydrogens (tertiary/aromatic N) is 1. The number of likely N-dealkylation sites (tertiary alicyclic amines) is 1. The summed E-state index contributed by atoms with van der Waals surface area (Å²) in [6.07, 6.45) is 1.19. The van der Waals surface area contributed by atoms with E-state index in [4.69, 9.17) is 0 Å². The van der Waals surface area contributed by atoms with Gasteiger partial charge < -0.3 is 10.2 Å². The van der Waals surface area contributed by atoms with Crippen molar-refractivity contribution in [2.24, 2.45) is 5.92 Å². The molecule has 0 unspecified atom stereocenters. The highest BCUT2D eigenvalue weighted by molar-refractivity contribution is 8.00. The SMILES string of the molecule is O=C(Nc1ccccc1)C1CCN(C(=O)CSc2ccc(F)cc2F)CC1. The minimum Gasteiger partial charge on any atom is -0.342 e. The van der Waals surface area contributed by atoms with Gasteiger partial charge in [0.2, 0.25) is 11.8 Å². The summed E-state index contributed by atoms with van der Waals surface area (Å²) < 4.78 is 26.6. The molecule has 0 aromatic heterocycles. The largest absolute Gasteiger partial charge is 0.342 e. The summed E-state index contributed by atoms with van der Waals surface area (Å²) in [5.74, 6) is -1.48. The molecule has 0 bridgehead atoms. The molecule has 7 heteroatoms. The van der Waals surface area contributed by atoms with Crippen LogP contribution in [0.4, 0.5) is 14.5 Å². The second kappa shape index (κ2) is 8.99. The maximum absolute atomic E-state index is 13.6. The maximum Gasteiger partial charge on any atom is 0.232 e. The third-order valence-corrected chi connectivity index (χ3v) is 5.54. The van der Waals surface area contributed by atoms with Gasteiger partial charge in [0.05, 0.1) is 5.75 Å². The molecule has 2 amide bonds. The van der Waals surface area contributed by atoms with E-state index in [1.807, 2.05) is 30.3 Å². The summed E-state index contributed by atoms with van der Waals surface area (Å²) in [6, 6.07) is 12.6. The Morgan fingerprint density at radius 3 is 2.44 bits per heavy atom. The molecule has 0 atom stereocenters. The second-order valence-electron chi connectivity index (χ2n) is 6.37. The molecule has 2 aromatic carbocycles. The van der Waals surface area contributed by atoms with Crippen LogP contribution in [0.5, 0.6) is 0 Å². The van der Waals surface area contributed by atoms with Gasteiger partial charge in [-0.3, -0.25) is 9.59 Å². The Hall–Kier alpha value is -2.41. The van der Waals surface area contributed by atoms with E-state index in [1.54, 1.807) is 4.90 Å². The van der Waals surface area contributed by atoms with Crippen LogP contribution in [0.25, 0.3) is 0 Å². The van der Waals surface area contributed by atoms with E-state index in [1.165, 1.54) is 12.1 Å². The molecule has 27 heavy (non-hydrogen) atoms. The Morgan fingerprint density at radius 2 is 1.78 bits per heavy atom. The predicted octanol–water partition coefficient (Wildman–Crippen LogP) is 3.93. The zero-order valence-corrected chi connectivity index (χ0v) is 15.5. The van der Waals surface area contributed by atoms with Gasteiger partial charge in [-0.1, -0.05) is 18.2 Å². The number of amides is 2. The Morgan fingerprint density at radius 1 is 1.07 bits per heavy atom. The molecule has 1 N–H and O–H groups in total. The number of nitrogens with one attached hydrogen (secondary N) is 1. The van der Waals surface area contributed by atoms with Crippen molar-refractivity contribution in [3.63, 3.8) is 0 Å². The van der Waals surface area contributed by atoms with Crippen molar-refractivity contribution in [3.8, 4) is 0 Å². The maximum atomic E-state index is 13.6. The normalized spacial score (nSPS) is 14.8. The van der Waals surface area contributed by atoms with E-state index >= 15 is 0 Å². The average molecular weight is 390 g/mol. The molecule has 4 nitrogen and oxygen atoms in total. The summed E-state index contributed by atoms with van der Waals surface area (Å²) in [5, 5.41) is 2.89. The van der Waals surface area contributed by atoms with E-state index in [0.29, 0.717) is 25.9 Å². The first kappa shape index (κ1) is 19.4. The van der Waals surface area contributed by atoms with E-state index in [9.17, 15) is 18.4 Å². The molecule has 1 fully saturated rings. The highest BCUT2D eigenvalue weighted by atomic mass is 32.2. The molecule has 142 valence electrons. The van der Waals surface area contributed by atoms with Crippen molar-refractivity contribution in [1.82, 2.24) is 4.90 Å². The minimum atomic E-state index is -0.663. The average Bonchev–Trinajstić information content (AvgIpc) is 2.68. The number of benzene rings is 2. The number of para-hydroxylation sites is 1. The Labute approximate surface area is 160 Å². The summed E-state index contributed by atoms with van der Waals surface area (Å²) in [4.78, 5) is 26.6. The number of halogens is 2. The van der Waals surface area contributed by atoms with Crippen molar-refractivity contribution in [2.45, 2.75) is 17.7 Å². The summed E-state index contributed by atoms with van der Waals surface area (Å²) in [5.41, 5.74) is 0.763. The molecular formula is C20H20F2N2O2S. The molecule has 3 rings (SSSR count). The number of hydrogen-bond donors (Lipinski definition) is 1. The van der Waals surface area contributed by atoms with Crippen LogP contribution < -0.4 is 5.32 Å². The molecule has 0 spiro atoms. The van der Waals surface area contributed by atoms with Gasteiger partial charge in [-0.05, 0) is 37.1 Å². The molecule has 2 aromatic rings. The van der Waals surface area contributed by atoms with Crippen LogP contribution in [-0.4, -0.2) is 35.6 Å². The first-order valence-corrected chi connectivity index (χ1v) is 9.73. The fourth-order valence-electron chi connectivity index (χ4n) is 2.98. The molecule has 1 saturated heterocycles. The third kappa shape index (κ3) is 5.29. The van der Waals surface area contributed by atoms with Gasteiger partial charge in [0.1, 0.15) is 11.6 Å². The fourth-order valence-corrected chi connectivity index (χ4v) is 3.80. The molecule has 0 radical (unpaired) electrons. The molecule has 1 aliphatic heterocycles. The van der Waals surface area contributed by atoms with E-state index in [-0.39, 0.29) is 28.4 Å². The number of hydrogen-bond acceptors (Lipinski definition) is 3. The molecular weight excluding hydrogens is 370 g/mol. The van der Waals surface area contributed by atoms with Crippen molar-refractivity contribution in [3.05, 3.63) is 60.2 Å². The molecule has 0 aliphatic carbocycles. The van der Waals surface area contributed by atoms with E-state index < -0.39 is 11.6 Å². The number of piperidine rings is 1. The lowest BCUT2D eigenvalue weighted by Gasteiger charge is -2.31. The van der Waals surface area contributed by atoms with Gasteiger partial charge in [0.25, 0.3) is 0 Å². The van der Waals surface area contributed by atoms with E-state index in [2.05, 4.69) is 5.32 Å². The fraction of sp³-hybridized carbons (Fsp3) is 0.300. The van der Waals surface area contributed by atoms with Crippen LogP contribution >= 0.6 is 11.8 Å². The van der Waals surface area contributed by atoms with Gasteiger partial charge >= 0.3 is 0 Å². The monoisotopic (exact) mass is 390 g/mol. The topological polar surface area (TPSA) is 49.4 Å². The smallest absolute Gasteiger partial charge is 0.232 e. The first-order valence-electron chi connectivity index (χ1n) is 8.74. The Balaban J connectivity index is 1.45. The second-order valence-corrected chi connectivity index (χ2v) is 7.39. The quantitative estimate of drug-likeness (QED) is 0.787. The van der Waals surface area contributed by atoms with Crippen molar-refractivity contribution in [1.29, 1.82) is 0 Å². The van der Waals surface area contributed by atoms with Crippen LogP contribution in [-0.2, 0) is 9.59 Å². The van der Waals surface area contributed by atoms with Crippen LogP contribution in [0.2, 0.25) is 0 Å².